The average Bonchev–Trinajstić information content (AvgIpc) is 2.28. The fraction of sp³-hybridized carbons (Fsp3) is 0.385. The Balaban J connectivity index is 2.87. The van der Waals surface area contributed by atoms with Crippen LogP contribution in [0.2, 0.25) is 5.02 Å². The summed E-state index contributed by atoms with van der Waals surface area (Å²) < 4.78 is 0. The van der Waals surface area contributed by atoms with Gasteiger partial charge in [-0.15, -0.1) is 0 Å². The molecule has 1 rings (SSSR count). The Morgan fingerprint density at radius 2 is 2.22 bits per heavy atom. The van der Waals surface area contributed by atoms with Crippen molar-refractivity contribution in [2.45, 2.75) is 26.8 Å². The molecule has 0 aromatic heterocycles. The van der Waals surface area contributed by atoms with E-state index in [1.807, 2.05) is 13.0 Å². The number of halogens is 1. The van der Waals surface area contributed by atoms with E-state index in [9.17, 15) is 10.1 Å². The van der Waals surface area contributed by atoms with E-state index >= 15 is 0 Å². The van der Waals surface area contributed by atoms with Gasteiger partial charge in [0, 0.05) is 18.7 Å². The van der Waals surface area contributed by atoms with Gasteiger partial charge in [0.1, 0.15) is 5.02 Å². The van der Waals surface area contributed by atoms with Crippen molar-refractivity contribution in [1.82, 2.24) is 5.32 Å². The molecular formula is C13H17ClN2O2. The average molecular weight is 269 g/mol. The van der Waals surface area contributed by atoms with E-state index in [2.05, 4.69) is 19.2 Å². The number of hydrogen-bond donors (Lipinski definition) is 1. The largest absolute Gasteiger partial charge is 0.311 e. The van der Waals surface area contributed by atoms with Gasteiger partial charge < -0.3 is 5.32 Å². The van der Waals surface area contributed by atoms with Crippen LogP contribution in [0.5, 0.6) is 0 Å². The monoisotopic (exact) mass is 268 g/mol. The van der Waals surface area contributed by atoms with E-state index in [-0.39, 0.29) is 10.7 Å². The number of nitro benzene ring substituents is 1. The van der Waals surface area contributed by atoms with E-state index in [0.29, 0.717) is 6.04 Å². The van der Waals surface area contributed by atoms with E-state index < -0.39 is 4.92 Å². The van der Waals surface area contributed by atoms with Gasteiger partial charge in [0.15, 0.2) is 0 Å². The van der Waals surface area contributed by atoms with Crippen LogP contribution >= 0.6 is 11.6 Å². The Kier molecular flexibility index (Phi) is 5.31. The van der Waals surface area contributed by atoms with Crippen LogP contribution in [0.25, 0.3) is 6.08 Å². The van der Waals surface area contributed by atoms with Crippen LogP contribution < -0.4 is 5.32 Å². The van der Waals surface area contributed by atoms with Gasteiger partial charge in [0.05, 0.1) is 4.92 Å². The second-order valence-electron chi connectivity index (χ2n) is 4.49. The molecular weight excluding hydrogens is 252 g/mol. The van der Waals surface area contributed by atoms with Crippen LogP contribution in [0.15, 0.2) is 23.8 Å². The third kappa shape index (κ3) is 4.47. The third-order valence-corrected chi connectivity index (χ3v) is 2.69. The van der Waals surface area contributed by atoms with Crippen molar-refractivity contribution < 1.29 is 4.92 Å². The first-order valence-electron chi connectivity index (χ1n) is 5.74. The summed E-state index contributed by atoms with van der Waals surface area (Å²) in [5.74, 6) is 0. The van der Waals surface area contributed by atoms with Crippen molar-refractivity contribution >= 4 is 23.4 Å². The lowest BCUT2D eigenvalue weighted by Gasteiger charge is -2.08. The third-order valence-electron chi connectivity index (χ3n) is 2.37. The number of benzene rings is 1. The number of nitrogens with one attached hydrogen (secondary N) is 1. The molecule has 0 spiro atoms. The van der Waals surface area contributed by atoms with Gasteiger partial charge in [-0.3, -0.25) is 10.1 Å². The quantitative estimate of drug-likeness (QED) is 0.655. The summed E-state index contributed by atoms with van der Waals surface area (Å²) in [5.41, 5.74) is 1.84. The maximum atomic E-state index is 10.8. The van der Waals surface area contributed by atoms with Crippen LogP contribution in [0.4, 0.5) is 5.69 Å². The van der Waals surface area contributed by atoms with Gasteiger partial charge in [0.25, 0.3) is 5.69 Å². The first-order valence-corrected chi connectivity index (χ1v) is 6.12. The van der Waals surface area contributed by atoms with Crippen LogP contribution in [0, 0.1) is 10.1 Å². The summed E-state index contributed by atoms with van der Waals surface area (Å²) in [6.07, 6.45) is 1.92. The predicted molar refractivity (Wildman–Crippen MR) is 74.9 cm³/mol. The molecule has 0 aliphatic rings. The molecule has 18 heavy (non-hydrogen) atoms. The summed E-state index contributed by atoms with van der Waals surface area (Å²) in [6.45, 7) is 6.88. The molecule has 0 heterocycles. The van der Waals surface area contributed by atoms with E-state index in [1.54, 1.807) is 12.1 Å². The van der Waals surface area contributed by atoms with Crippen LogP contribution in [0.1, 0.15) is 26.3 Å². The van der Waals surface area contributed by atoms with Gasteiger partial charge in [-0.1, -0.05) is 43.2 Å². The highest BCUT2D eigenvalue weighted by molar-refractivity contribution is 6.32. The van der Waals surface area contributed by atoms with Crippen LogP contribution in [-0.2, 0) is 0 Å². The van der Waals surface area contributed by atoms with E-state index in [0.717, 1.165) is 17.7 Å². The molecule has 0 saturated carbocycles. The number of nitrogens with zero attached hydrogens (tertiary/aromatic N) is 1. The first-order chi connectivity index (χ1) is 8.40. The number of hydrogen-bond acceptors (Lipinski definition) is 3. The van der Waals surface area contributed by atoms with Crippen LogP contribution in [0.3, 0.4) is 0 Å². The molecule has 98 valence electrons. The Bertz CT molecular complexity index is 470. The van der Waals surface area contributed by atoms with Gasteiger partial charge in [-0.2, -0.15) is 0 Å². The molecule has 1 aromatic rings. The van der Waals surface area contributed by atoms with Gasteiger partial charge in [-0.05, 0) is 18.6 Å². The minimum Gasteiger partial charge on any atom is -0.311 e. The lowest BCUT2D eigenvalue weighted by molar-refractivity contribution is -0.384. The van der Waals surface area contributed by atoms with Crippen molar-refractivity contribution in [3.63, 3.8) is 0 Å². The smallest absolute Gasteiger partial charge is 0.288 e. The minimum absolute atomic E-state index is 0.0602. The molecule has 0 saturated heterocycles. The highest BCUT2D eigenvalue weighted by Gasteiger charge is 2.11. The fourth-order valence-corrected chi connectivity index (χ4v) is 1.65. The molecule has 1 N–H and O–H groups in total. The fourth-order valence-electron chi connectivity index (χ4n) is 1.46. The zero-order valence-corrected chi connectivity index (χ0v) is 11.5. The van der Waals surface area contributed by atoms with Gasteiger partial charge in [-0.25, -0.2) is 0 Å². The molecule has 0 aliphatic heterocycles. The molecule has 0 atom stereocenters. The Hall–Kier alpha value is -1.39. The van der Waals surface area contributed by atoms with E-state index in [1.165, 1.54) is 6.07 Å². The van der Waals surface area contributed by atoms with Gasteiger partial charge in [0.2, 0.25) is 0 Å². The normalized spacial score (nSPS) is 11.9. The van der Waals surface area contributed by atoms with Crippen molar-refractivity contribution in [2.75, 3.05) is 6.54 Å². The zero-order chi connectivity index (χ0) is 13.7. The SMILES string of the molecule is CC(=Cc1ccc(Cl)c([N+](=O)[O-])c1)CNC(C)C. The minimum atomic E-state index is -0.471. The molecule has 0 amide bonds. The highest BCUT2D eigenvalue weighted by Crippen LogP contribution is 2.25. The summed E-state index contributed by atoms with van der Waals surface area (Å²) in [7, 11) is 0. The standard InChI is InChI=1S/C13H17ClN2O2/c1-9(2)15-8-10(3)6-11-4-5-12(14)13(7-11)16(17)18/h4-7,9,15H,8H2,1-3H3. The zero-order valence-electron chi connectivity index (χ0n) is 10.7. The molecule has 0 radical (unpaired) electrons. The second-order valence-corrected chi connectivity index (χ2v) is 4.90. The maximum absolute atomic E-state index is 10.8. The summed E-state index contributed by atoms with van der Waals surface area (Å²) in [4.78, 5) is 10.3. The first kappa shape index (κ1) is 14.7. The molecule has 0 bridgehead atoms. The summed E-state index contributed by atoms with van der Waals surface area (Å²) in [6, 6.07) is 5.22. The Morgan fingerprint density at radius 3 is 2.78 bits per heavy atom. The van der Waals surface area contributed by atoms with Gasteiger partial charge >= 0.3 is 0 Å². The molecule has 0 aliphatic carbocycles. The maximum Gasteiger partial charge on any atom is 0.288 e. The van der Waals surface area contributed by atoms with Crippen molar-refractivity contribution in [2.24, 2.45) is 0 Å². The molecule has 0 fully saturated rings. The number of nitro groups is 1. The molecule has 5 heteroatoms. The summed E-state index contributed by atoms with van der Waals surface area (Å²) in [5, 5.41) is 14.2. The Morgan fingerprint density at radius 1 is 1.56 bits per heavy atom. The number of rotatable bonds is 5. The summed E-state index contributed by atoms with van der Waals surface area (Å²) >= 11 is 5.76. The molecule has 1 aromatic carbocycles. The highest BCUT2D eigenvalue weighted by atomic mass is 35.5. The lowest BCUT2D eigenvalue weighted by Crippen LogP contribution is -2.24. The predicted octanol–water partition coefficient (Wildman–Crippen LogP) is 3.65. The molecule has 4 nitrogen and oxygen atoms in total. The van der Waals surface area contributed by atoms with E-state index in [4.69, 9.17) is 11.6 Å². The Labute approximate surface area is 112 Å². The van der Waals surface area contributed by atoms with Crippen molar-refractivity contribution in [3.8, 4) is 0 Å². The molecule has 0 unspecified atom stereocenters. The second kappa shape index (κ2) is 6.52. The van der Waals surface area contributed by atoms with Crippen LogP contribution in [-0.4, -0.2) is 17.5 Å². The lowest BCUT2D eigenvalue weighted by atomic mass is 10.1. The van der Waals surface area contributed by atoms with Crippen molar-refractivity contribution in [3.05, 3.63) is 44.5 Å². The topological polar surface area (TPSA) is 55.2 Å². The van der Waals surface area contributed by atoms with Crippen molar-refractivity contribution in [1.29, 1.82) is 0 Å².